The standard InChI is InChI=1S/C21H19Cl2N3O2/c1-13(27)24-17-6-4-12-28-21-19(17)25-26(18-7-3-2-5-16(18)23)20(21)14-8-10-15(22)11-9-14/h2-3,5,7-11,17H,4,6,12H2,1H3,(H,24,27)/t17-/m1/s1. The van der Waals surface area contributed by atoms with Gasteiger partial charge in [-0.2, -0.15) is 5.10 Å². The van der Waals surface area contributed by atoms with Crippen molar-refractivity contribution in [2.75, 3.05) is 6.61 Å². The third-order valence-corrected chi connectivity index (χ3v) is 5.23. The quantitative estimate of drug-likeness (QED) is 0.639. The number of halogens is 2. The molecule has 0 aliphatic carbocycles. The molecule has 144 valence electrons. The van der Waals surface area contributed by atoms with E-state index in [1.807, 2.05) is 48.5 Å². The molecule has 28 heavy (non-hydrogen) atoms. The molecule has 0 saturated carbocycles. The van der Waals surface area contributed by atoms with Crippen LogP contribution in [0, 0.1) is 0 Å². The molecular weight excluding hydrogens is 397 g/mol. The number of carbonyl (C=O) groups excluding carboxylic acids is 1. The van der Waals surface area contributed by atoms with Crippen LogP contribution in [-0.2, 0) is 4.79 Å². The van der Waals surface area contributed by atoms with Crippen molar-refractivity contribution in [1.29, 1.82) is 0 Å². The van der Waals surface area contributed by atoms with Crippen molar-refractivity contribution in [3.05, 3.63) is 64.3 Å². The third-order valence-electron chi connectivity index (χ3n) is 4.66. The van der Waals surface area contributed by atoms with Gasteiger partial charge < -0.3 is 10.1 Å². The van der Waals surface area contributed by atoms with Crippen LogP contribution in [0.25, 0.3) is 16.9 Å². The number of fused-ring (bicyclic) bond motifs is 1. The SMILES string of the molecule is CC(=O)N[C@@H]1CCCOc2c1nn(-c1ccccc1Cl)c2-c1ccc(Cl)cc1. The van der Waals surface area contributed by atoms with Crippen LogP contribution >= 0.6 is 23.2 Å². The van der Waals surface area contributed by atoms with Gasteiger partial charge in [-0.25, -0.2) is 4.68 Å². The molecule has 1 aliphatic rings. The number of hydrogen-bond donors (Lipinski definition) is 1. The van der Waals surface area contributed by atoms with E-state index in [0.717, 1.165) is 29.8 Å². The largest absolute Gasteiger partial charge is 0.489 e. The fourth-order valence-corrected chi connectivity index (χ4v) is 3.78. The molecule has 3 aromatic rings. The van der Waals surface area contributed by atoms with E-state index in [4.69, 9.17) is 33.0 Å². The topological polar surface area (TPSA) is 56.1 Å². The van der Waals surface area contributed by atoms with Crippen molar-refractivity contribution in [2.45, 2.75) is 25.8 Å². The Kier molecular flexibility index (Phi) is 5.29. The summed E-state index contributed by atoms with van der Waals surface area (Å²) in [6.07, 6.45) is 1.58. The maximum atomic E-state index is 11.7. The molecule has 2 aromatic carbocycles. The summed E-state index contributed by atoms with van der Waals surface area (Å²) < 4.78 is 7.90. The van der Waals surface area contributed by atoms with Crippen molar-refractivity contribution in [3.63, 3.8) is 0 Å². The summed E-state index contributed by atoms with van der Waals surface area (Å²) in [6, 6.07) is 14.8. The number of ether oxygens (including phenoxy) is 1. The Morgan fingerprint density at radius 1 is 1.18 bits per heavy atom. The molecule has 1 aliphatic heterocycles. The molecule has 7 heteroatoms. The number of rotatable bonds is 3. The maximum Gasteiger partial charge on any atom is 0.217 e. The smallest absolute Gasteiger partial charge is 0.217 e. The van der Waals surface area contributed by atoms with Crippen LogP contribution in [0.2, 0.25) is 10.0 Å². The van der Waals surface area contributed by atoms with E-state index in [9.17, 15) is 4.79 Å². The number of nitrogens with zero attached hydrogens (tertiary/aromatic N) is 2. The number of aromatic nitrogens is 2. The number of amides is 1. The summed E-state index contributed by atoms with van der Waals surface area (Å²) >= 11 is 12.6. The summed E-state index contributed by atoms with van der Waals surface area (Å²) in [5.74, 6) is 0.566. The fourth-order valence-electron chi connectivity index (χ4n) is 3.43. The lowest BCUT2D eigenvalue weighted by atomic mass is 10.1. The lowest BCUT2D eigenvalue weighted by molar-refractivity contribution is -0.119. The minimum absolute atomic E-state index is 0.0989. The summed E-state index contributed by atoms with van der Waals surface area (Å²) in [7, 11) is 0. The van der Waals surface area contributed by atoms with Crippen LogP contribution < -0.4 is 10.1 Å². The monoisotopic (exact) mass is 415 g/mol. The first-order chi connectivity index (χ1) is 13.5. The Morgan fingerprint density at radius 3 is 2.64 bits per heavy atom. The van der Waals surface area contributed by atoms with Crippen LogP contribution in [-0.4, -0.2) is 22.3 Å². The number of nitrogens with one attached hydrogen (secondary N) is 1. The molecule has 1 amide bonds. The molecule has 2 heterocycles. The predicted octanol–water partition coefficient (Wildman–Crippen LogP) is 5.20. The van der Waals surface area contributed by atoms with Crippen molar-refractivity contribution in [3.8, 4) is 22.7 Å². The molecule has 0 saturated heterocycles. The van der Waals surface area contributed by atoms with E-state index in [-0.39, 0.29) is 11.9 Å². The van der Waals surface area contributed by atoms with Gasteiger partial charge in [0.1, 0.15) is 11.4 Å². The lowest BCUT2D eigenvalue weighted by Crippen LogP contribution is -2.26. The van der Waals surface area contributed by atoms with E-state index in [0.29, 0.717) is 28.1 Å². The van der Waals surface area contributed by atoms with E-state index >= 15 is 0 Å². The zero-order valence-electron chi connectivity index (χ0n) is 15.3. The van der Waals surface area contributed by atoms with Crippen molar-refractivity contribution >= 4 is 29.1 Å². The van der Waals surface area contributed by atoms with Gasteiger partial charge in [-0.3, -0.25) is 4.79 Å². The van der Waals surface area contributed by atoms with Gasteiger partial charge >= 0.3 is 0 Å². The number of benzene rings is 2. The van der Waals surface area contributed by atoms with E-state index in [1.165, 1.54) is 6.92 Å². The fraction of sp³-hybridized carbons (Fsp3) is 0.238. The highest BCUT2D eigenvalue weighted by molar-refractivity contribution is 6.32. The van der Waals surface area contributed by atoms with E-state index in [2.05, 4.69) is 5.32 Å². The second kappa shape index (κ2) is 7.86. The number of para-hydroxylation sites is 1. The summed E-state index contributed by atoms with van der Waals surface area (Å²) in [5.41, 5.74) is 3.14. The molecule has 1 N–H and O–H groups in total. The first kappa shape index (κ1) is 18.8. The van der Waals surface area contributed by atoms with Gasteiger partial charge in [0.15, 0.2) is 5.75 Å². The molecule has 4 rings (SSSR count). The number of carbonyl (C=O) groups is 1. The highest BCUT2D eigenvalue weighted by Gasteiger charge is 2.30. The van der Waals surface area contributed by atoms with E-state index in [1.54, 1.807) is 4.68 Å². The van der Waals surface area contributed by atoms with Gasteiger partial charge in [0.05, 0.1) is 23.4 Å². The zero-order valence-corrected chi connectivity index (χ0v) is 16.8. The second-order valence-corrected chi connectivity index (χ2v) is 7.52. The Bertz CT molecular complexity index is 1010. The van der Waals surface area contributed by atoms with E-state index < -0.39 is 0 Å². The van der Waals surface area contributed by atoms with Crippen molar-refractivity contribution in [2.24, 2.45) is 0 Å². The molecule has 0 spiro atoms. The summed E-state index contributed by atoms with van der Waals surface area (Å²) in [4.78, 5) is 11.7. The molecule has 0 fully saturated rings. The molecule has 0 bridgehead atoms. The minimum atomic E-state index is -0.218. The second-order valence-electron chi connectivity index (χ2n) is 6.68. The Hall–Kier alpha value is -2.50. The predicted molar refractivity (Wildman–Crippen MR) is 110 cm³/mol. The highest BCUT2D eigenvalue weighted by Crippen LogP contribution is 2.42. The average molecular weight is 416 g/mol. The Labute approximate surface area is 173 Å². The first-order valence-electron chi connectivity index (χ1n) is 9.08. The third kappa shape index (κ3) is 3.60. The lowest BCUT2D eigenvalue weighted by Gasteiger charge is -2.13. The molecule has 1 atom stereocenters. The molecule has 0 unspecified atom stereocenters. The van der Waals surface area contributed by atoms with Crippen LogP contribution in [0.15, 0.2) is 48.5 Å². The van der Waals surface area contributed by atoms with Gasteiger partial charge in [0.25, 0.3) is 0 Å². The van der Waals surface area contributed by atoms with Gasteiger partial charge in [-0.05, 0) is 37.1 Å². The molecule has 1 aromatic heterocycles. The maximum absolute atomic E-state index is 11.7. The van der Waals surface area contributed by atoms with Gasteiger partial charge in [-0.15, -0.1) is 0 Å². The van der Waals surface area contributed by atoms with Crippen LogP contribution in [0.1, 0.15) is 31.5 Å². The van der Waals surface area contributed by atoms with Gasteiger partial charge in [0, 0.05) is 17.5 Å². The molecule has 5 nitrogen and oxygen atoms in total. The Morgan fingerprint density at radius 2 is 1.93 bits per heavy atom. The molecular formula is C21H19Cl2N3O2. The minimum Gasteiger partial charge on any atom is -0.489 e. The van der Waals surface area contributed by atoms with Gasteiger partial charge in [0.2, 0.25) is 5.91 Å². The first-order valence-corrected chi connectivity index (χ1v) is 9.84. The van der Waals surface area contributed by atoms with Crippen LogP contribution in [0.3, 0.4) is 0 Å². The van der Waals surface area contributed by atoms with Crippen LogP contribution in [0.5, 0.6) is 5.75 Å². The summed E-state index contributed by atoms with van der Waals surface area (Å²) in [6.45, 7) is 2.06. The Balaban J connectivity index is 1.96. The zero-order chi connectivity index (χ0) is 19.7. The van der Waals surface area contributed by atoms with Crippen molar-refractivity contribution in [1.82, 2.24) is 15.1 Å². The average Bonchev–Trinajstić information content (AvgIpc) is 2.93. The molecule has 0 radical (unpaired) electrons. The van der Waals surface area contributed by atoms with Crippen molar-refractivity contribution < 1.29 is 9.53 Å². The number of hydrogen-bond acceptors (Lipinski definition) is 3. The highest BCUT2D eigenvalue weighted by atomic mass is 35.5. The van der Waals surface area contributed by atoms with Crippen LogP contribution in [0.4, 0.5) is 0 Å². The summed E-state index contributed by atoms with van der Waals surface area (Å²) in [5, 5.41) is 9.06. The normalized spacial score (nSPS) is 16.0. The van der Waals surface area contributed by atoms with Gasteiger partial charge in [-0.1, -0.05) is 47.5 Å².